The highest BCUT2D eigenvalue weighted by atomic mass is 16.7. The molecule has 0 atom stereocenters. The van der Waals surface area contributed by atoms with Gasteiger partial charge in [-0.25, -0.2) is 0 Å². The second-order valence-electron chi connectivity index (χ2n) is 4.36. The highest BCUT2D eigenvalue weighted by molar-refractivity contribution is 5.92. The minimum atomic E-state index is -0.386. The van der Waals surface area contributed by atoms with Gasteiger partial charge in [0.1, 0.15) is 0 Å². The first-order valence-electron chi connectivity index (χ1n) is 6.03. The summed E-state index contributed by atoms with van der Waals surface area (Å²) >= 11 is 0. The molecule has 0 radical (unpaired) electrons. The SMILES string of the molecule is COC(=O)CN(C)CC(=O)Nc1ccc2c(c1)OCO2. The summed E-state index contributed by atoms with van der Waals surface area (Å²) in [5, 5.41) is 2.73. The molecule has 1 amide bonds. The normalized spacial score (nSPS) is 12.3. The van der Waals surface area contributed by atoms with Crippen molar-refractivity contribution in [1.82, 2.24) is 4.90 Å². The van der Waals surface area contributed by atoms with Crippen molar-refractivity contribution >= 4 is 17.6 Å². The highest BCUT2D eigenvalue weighted by Crippen LogP contribution is 2.34. The monoisotopic (exact) mass is 280 g/mol. The van der Waals surface area contributed by atoms with E-state index in [1.807, 2.05) is 0 Å². The van der Waals surface area contributed by atoms with Gasteiger partial charge in [0.05, 0.1) is 20.2 Å². The molecular weight excluding hydrogens is 264 g/mol. The number of carbonyl (C=O) groups is 2. The molecule has 108 valence electrons. The fraction of sp³-hybridized carbons (Fsp3) is 0.385. The van der Waals surface area contributed by atoms with E-state index in [4.69, 9.17) is 9.47 Å². The minimum absolute atomic E-state index is 0.0606. The lowest BCUT2D eigenvalue weighted by atomic mass is 10.2. The Balaban J connectivity index is 1.86. The molecule has 7 nitrogen and oxygen atoms in total. The van der Waals surface area contributed by atoms with Gasteiger partial charge in [-0.1, -0.05) is 0 Å². The number of hydrogen-bond acceptors (Lipinski definition) is 6. The first-order chi connectivity index (χ1) is 9.58. The van der Waals surface area contributed by atoms with Crippen LogP contribution in [0.4, 0.5) is 5.69 Å². The van der Waals surface area contributed by atoms with Gasteiger partial charge >= 0.3 is 5.97 Å². The number of nitrogens with zero attached hydrogens (tertiary/aromatic N) is 1. The van der Waals surface area contributed by atoms with Gasteiger partial charge < -0.3 is 19.5 Å². The predicted octanol–water partition coefficient (Wildman–Crippen LogP) is 0.459. The van der Waals surface area contributed by atoms with Crippen LogP contribution < -0.4 is 14.8 Å². The van der Waals surface area contributed by atoms with Crippen LogP contribution in [0, 0.1) is 0 Å². The molecule has 1 aromatic carbocycles. The summed E-state index contributed by atoms with van der Waals surface area (Å²) in [4.78, 5) is 24.4. The first-order valence-corrected chi connectivity index (χ1v) is 6.03. The summed E-state index contributed by atoms with van der Waals surface area (Å²) in [6.07, 6.45) is 0. The third kappa shape index (κ3) is 3.61. The van der Waals surface area contributed by atoms with Gasteiger partial charge in [-0.3, -0.25) is 14.5 Å². The van der Waals surface area contributed by atoms with Gasteiger partial charge in [0.15, 0.2) is 11.5 Å². The number of esters is 1. The average molecular weight is 280 g/mol. The largest absolute Gasteiger partial charge is 0.468 e. The Morgan fingerprint density at radius 1 is 1.30 bits per heavy atom. The number of ether oxygens (including phenoxy) is 3. The maximum atomic E-state index is 11.8. The summed E-state index contributed by atoms with van der Waals surface area (Å²) in [7, 11) is 2.97. The number of nitrogens with one attached hydrogen (secondary N) is 1. The third-order valence-electron chi connectivity index (χ3n) is 2.70. The summed E-state index contributed by atoms with van der Waals surface area (Å²) in [5.74, 6) is 0.648. The van der Waals surface area contributed by atoms with E-state index in [0.717, 1.165) is 0 Å². The van der Waals surface area contributed by atoms with E-state index in [1.54, 1.807) is 30.1 Å². The Morgan fingerprint density at radius 3 is 2.80 bits per heavy atom. The summed E-state index contributed by atoms with van der Waals surface area (Å²) in [6.45, 7) is 0.337. The van der Waals surface area contributed by atoms with Gasteiger partial charge in [-0.15, -0.1) is 0 Å². The molecule has 20 heavy (non-hydrogen) atoms. The molecule has 7 heteroatoms. The molecule has 1 aliphatic heterocycles. The molecular formula is C13H16N2O5. The number of rotatable bonds is 5. The molecule has 0 saturated heterocycles. The van der Waals surface area contributed by atoms with Gasteiger partial charge in [-0.05, 0) is 19.2 Å². The van der Waals surface area contributed by atoms with Crippen molar-refractivity contribution in [3.8, 4) is 11.5 Å². The number of hydrogen-bond donors (Lipinski definition) is 1. The number of amides is 1. The van der Waals surface area contributed by atoms with E-state index in [9.17, 15) is 9.59 Å². The lowest BCUT2D eigenvalue weighted by Gasteiger charge is -2.14. The van der Waals surface area contributed by atoms with Gasteiger partial charge in [-0.2, -0.15) is 0 Å². The molecule has 2 rings (SSSR count). The molecule has 1 aliphatic rings. The Morgan fingerprint density at radius 2 is 2.05 bits per heavy atom. The third-order valence-corrected chi connectivity index (χ3v) is 2.70. The predicted molar refractivity (Wildman–Crippen MR) is 70.7 cm³/mol. The van der Waals surface area contributed by atoms with E-state index in [2.05, 4.69) is 10.1 Å². The Kier molecular flexibility index (Phi) is 4.41. The zero-order valence-corrected chi connectivity index (χ0v) is 11.3. The van der Waals surface area contributed by atoms with E-state index >= 15 is 0 Å². The lowest BCUT2D eigenvalue weighted by Crippen LogP contribution is -2.34. The van der Waals surface area contributed by atoms with Crippen LogP contribution in [0.25, 0.3) is 0 Å². The van der Waals surface area contributed by atoms with Crippen LogP contribution in [0.3, 0.4) is 0 Å². The molecule has 0 aliphatic carbocycles. The number of carbonyl (C=O) groups excluding carboxylic acids is 2. The molecule has 0 saturated carbocycles. The molecule has 1 N–H and O–H groups in total. The van der Waals surface area contributed by atoms with E-state index < -0.39 is 0 Å². The van der Waals surface area contributed by atoms with E-state index in [0.29, 0.717) is 17.2 Å². The second kappa shape index (κ2) is 6.25. The molecule has 0 fully saturated rings. The Labute approximate surface area is 116 Å². The Hall–Kier alpha value is -2.28. The topological polar surface area (TPSA) is 77.1 Å². The molecule has 0 bridgehead atoms. The Bertz CT molecular complexity index is 517. The van der Waals surface area contributed by atoms with Crippen molar-refractivity contribution in [2.45, 2.75) is 0 Å². The molecule has 0 aromatic heterocycles. The summed E-state index contributed by atoms with van der Waals surface area (Å²) < 4.78 is 14.9. The van der Waals surface area contributed by atoms with Crippen LogP contribution in [0.1, 0.15) is 0 Å². The lowest BCUT2D eigenvalue weighted by molar-refractivity contribution is -0.141. The maximum Gasteiger partial charge on any atom is 0.319 e. The van der Waals surface area contributed by atoms with Crippen LogP contribution in [-0.4, -0.2) is 50.8 Å². The van der Waals surface area contributed by atoms with Crippen LogP contribution in [0.2, 0.25) is 0 Å². The van der Waals surface area contributed by atoms with Crippen molar-refractivity contribution in [3.05, 3.63) is 18.2 Å². The van der Waals surface area contributed by atoms with Crippen molar-refractivity contribution in [2.75, 3.05) is 39.4 Å². The second-order valence-corrected chi connectivity index (χ2v) is 4.36. The van der Waals surface area contributed by atoms with Gasteiger partial charge in [0, 0.05) is 11.8 Å². The average Bonchev–Trinajstić information content (AvgIpc) is 2.85. The quantitative estimate of drug-likeness (QED) is 0.790. The summed E-state index contributed by atoms with van der Waals surface area (Å²) in [6, 6.07) is 5.16. The van der Waals surface area contributed by atoms with Crippen LogP contribution >= 0.6 is 0 Å². The summed E-state index contributed by atoms with van der Waals surface area (Å²) in [5.41, 5.74) is 0.616. The van der Waals surface area contributed by atoms with Crippen LogP contribution in [0.15, 0.2) is 18.2 Å². The number of fused-ring (bicyclic) bond motifs is 1. The van der Waals surface area contributed by atoms with Crippen LogP contribution in [-0.2, 0) is 14.3 Å². The van der Waals surface area contributed by atoms with Crippen molar-refractivity contribution < 1.29 is 23.8 Å². The maximum absolute atomic E-state index is 11.8. The van der Waals surface area contributed by atoms with Gasteiger partial charge in [0.25, 0.3) is 0 Å². The molecule has 1 heterocycles. The fourth-order valence-corrected chi connectivity index (χ4v) is 1.76. The van der Waals surface area contributed by atoms with E-state index in [1.165, 1.54) is 7.11 Å². The number of benzene rings is 1. The van der Waals surface area contributed by atoms with Crippen molar-refractivity contribution in [1.29, 1.82) is 0 Å². The molecule has 0 spiro atoms. The van der Waals surface area contributed by atoms with Gasteiger partial charge in [0.2, 0.25) is 12.7 Å². The van der Waals surface area contributed by atoms with Crippen molar-refractivity contribution in [2.24, 2.45) is 0 Å². The fourth-order valence-electron chi connectivity index (χ4n) is 1.76. The van der Waals surface area contributed by atoms with Crippen molar-refractivity contribution in [3.63, 3.8) is 0 Å². The van der Waals surface area contributed by atoms with Crippen LogP contribution in [0.5, 0.6) is 11.5 Å². The smallest absolute Gasteiger partial charge is 0.319 e. The molecule has 0 unspecified atom stereocenters. The zero-order chi connectivity index (χ0) is 14.5. The number of anilines is 1. The molecule has 1 aromatic rings. The number of methoxy groups -OCH3 is 1. The number of likely N-dealkylation sites (N-methyl/N-ethyl adjacent to an activating group) is 1. The van der Waals surface area contributed by atoms with E-state index in [-0.39, 0.29) is 31.8 Å². The minimum Gasteiger partial charge on any atom is -0.468 e. The zero-order valence-electron chi connectivity index (χ0n) is 11.3. The first kappa shape index (κ1) is 14.1. The highest BCUT2D eigenvalue weighted by Gasteiger charge is 2.15. The standard InChI is InChI=1S/C13H16N2O5/c1-15(7-13(17)18-2)6-12(16)14-9-3-4-10-11(5-9)20-8-19-10/h3-5H,6-8H2,1-2H3,(H,14,16).